The fourth-order valence-electron chi connectivity index (χ4n) is 2.62. The van der Waals surface area contributed by atoms with Crippen molar-refractivity contribution in [1.82, 2.24) is 0 Å². The molecular weight excluding hydrogens is 156 g/mol. The topological polar surface area (TPSA) is 0 Å². The van der Waals surface area contributed by atoms with Gasteiger partial charge in [-0.2, -0.15) is 0 Å². The van der Waals surface area contributed by atoms with Crippen LogP contribution in [-0.2, 0) is 0 Å². The van der Waals surface area contributed by atoms with Gasteiger partial charge >= 0.3 is 0 Å². The van der Waals surface area contributed by atoms with Crippen molar-refractivity contribution in [2.75, 3.05) is 0 Å². The van der Waals surface area contributed by atoms with E-state index in [0.717, 1.165) is 23.7 Å². The summed E-state index contributed by atoms with van der Waals surface area (Å²) in [5, 5.41) is 0. The Kier molecular flexibility index (Phi) is 3.81. The molecule has 0 heterocycles. The van der Waals surface area contributed by atoms with Crippen LogP contribution in [0.15, 0.2) is 18.4 Å². The Balaban J connectivity index is 2.65. The lowest BCUT2D eigenvalue weighted by Crippen LogP contribution is -2.26. The van der Waals surface area contributed by atoms with Gasteiger partial charge in [0.15, 0.2) is 0 Å². The molecule has 0 spiro atoms. The predicted molar refractivity (Wildman–Crippen MR) is 58.5 cm³/mol. The number of allylic oxidation sites excluding steroid dienone is 1. The molecule has 0 nitrogen and oxygen atoms in total. The van der Waals surface area contributed by atoms with Crippen LogP contribution in [0.25, 0.3) is 0 Å². The van der Waals surface area contributed by atoms with Crippen LogP contribution in [0.1, 0.15) is 40.0 Å². The Hall–Kier alpha value is -0.480. The van der Waals surface area contributed by atoms with E-state index in [-0.39, 0.29) is 0 Å². The van der Waals surface area contributed by atoms with Gasteiger partial charge < -0.3 is 0 Å². The molecule has 1 aliphatic rings. The standard InChI is InChI=1S/C13H22/c1-5-6-12-9-11(4)7-8-13(12)10(2)3/h6,10-13H,1,7-9H2,2-4H3. The van der Waals surface area contributed by atoms with Gasteiger partial charge in [-0.1, -0.05) is 33.8 Å². The molecule has 0 bridgehead atoms. The third-order valence-electron chi connectivity index (χ3n) is 3.41. The fraction of sp³-hybridized carbons (Fsp3) is 0.769. The van der Waals surface area contributed by atoms with Crippen LogP contribution >= 0.6 is 0 Å². The summed E-state index contributed by atoms with van der Waals surface area (Å²) in [6, 6.07) is 0. The molecule has 0 N–H and O–H groups in total. The lowest BCUT2D eigenvalue weighted by Gasteiger charge is -2.35. The summed E-state index contributed by atoms with van der Waals surface area (Å²) in [4.78, 5) is 0. The third kappa shape index (κ3) is 2.74. The molecule has 0 aromatic heterocycles. The van der Waals surface area contributed by atoms with Crippen LogP contribution < -0.4 is 0 Å². The highest BCUT2D eigenvalue weighted by Gasteiger charge is 2.28. The van der Waals surface area contributed by atoms with Crippen LogP contribution in [0, 0.1) is 23.7 Å². The van der Waals surface area contributed by atoms with Gasteiger partial charge in [0.1, 0.15) is 0 Å². The molecule has 0 amide bonds. The van der Waals surface area contributed by atoms with Gasteiger partial charge in [-0.25, -0.2) is 0 Å². The van der Waals surface area contributed by atoms with Gasteiger partial charge in [-0.3, -0.25) is 0 Å². The van der Waals surface area contributed by atoms with Crippen LogP contribution in [0.5, 0.6) is 0 Å². The first-order valence-electron chi connectivity index (χ1n) is 5.51. The van der Waals surface area contributed by atoms with Crippen LogP contribution in [0.3, 0.4) is 0 Å². The Labute approximate surface area is 82.7 Å². The van der Waals surface area contributed by atoms with Crippen molar-refractivity contribution >= 4 is 0 Å². The van der Waals surface area contributed by atoms with Gasteiger partial charge in [-0.15, -0.1) is 5.73 Å². The normalized spacial score (nSPS) is 34.3. The molecule has 0 aromatic rings. The van der Waals surface area contributed by atoms with Gasteiger partial charge in [0.25, 0.3) is 0 Å². The van der Waals surface area contributed by atoms with E-state index in [9.17, 15) is 0 Å². The van der Waals surface area contributed by atoms with E-state index in [1.54, 1.807) is 0 Å². The monoisotopic (exact) mass is 178 g/mol. The third-order valence-corrected chi connectivity index (χ3v) is 3.41. The minimum atomic E-state index is 0.737. The Bertz CT molecular complexity index is 196. The van der Waals surface area contributed by atoms with Crippen molar-refractivity contribution in [3.8, 4) is 0 Å². The van der Waals surface area contributed by atoms with E-state index in [1.165, 1.54) is 19.3 Å². The fourth-order valence-corrected chi connectivity index (χ4v) is 2.62. The van der Waals surface area contributed by atoms with E-state index in [0.29, 0.717) is 0 Å². The van der Waals surface area contributed by atoms with Crippen molar-refractivity contribution in [3.05, 3.63) is 18.4 Å². The van der Waals surface area contributed by atoms with Gasteiger partial charge in [0.05, 0.1) is 0 Å². The van der Waals surface area contributed by atoms with E-state index < -0.39 is 0 Å². The molecule has 0 aromatic carbocycles. The van der Waals surface area contributed by atoms with Crippen molar-refractivity contribution in [2.45, 2.75) is 40.0 Å². The van der Waals surface area contributed by atoms with Crippen LogP contribution in [-0.4, -0.2) is 0 Å². The highest BCUT2D eigenvalue weighted by molar-refractivity contribution is 4.93. The quantitative estimate of drug-likeness (QED) is 0.560. The van der Waals surface area contributed by atoms with Gasteiger partial charge in [-0.05, 0) is 42.6 Å². The molecule has 1 rings (SSSR count). The van der Waals surface area contributed by atoms with Crippen LogP contribution in [0.4, 0.5) is 0 Å². The molecule has 0 radical (unpaired) electrons. The van der Waals surface area contributed by atoms with E-state index in [1.807, 2.05) is 0 Å². The molecule has 13 heavy (non-hydrogen) atoms. The highest BCUT2D eigenvalue weighted by atomic mass is 14.3. The average molecular weight is 178 g/mol. The molecular formula is C13H22. The zero-order valence-electron chi connectivity index (χ0n) is 9.22. The summed E-state index contributed by atoms with van der Waals surface area (Å²) in [5.74, 6) is 3.30. The second-order valence-corrected chi connectivity index (χ2v) is 4.86. The average Bonchev–Trinajstić information content (AvgIpc) is 2.04. The minimum Gasteiger partial charge on any atom is -0.133 e. The zero-order chi connectivity index (χ0) is 9.84. The molecule has 1 saturated carbocycles. The van der Waals surface area contributed by atoms with E-state index in [2.05, 4.69) is 39.2 Å². The number of hydrogen-bond donors (Lipinski definition) is 0. The zero-order valence-corrected chi connectivity index (χ0v) is 9.22. The molecule has 3 unspecified atom stereocenters. The van der Waals surface area contributed by atoms with Gasteiger partial charge in [0.2, 0.25) is 0 Å². The van der Waals surface area contributed by atoms with Crippen LogP contribution in [0.2, 0.25) is 0 Å². The molecule has 3 atom stereocenters. The maximum Gasteiger partial charge on any atom is -0.0124 e. The van der Waals surface area contributed by atoms with E-state index in [4.69, 9.17) is 0 Å². The summed E-state index contributed by atoms with van der Waals surface area (Å²) in [5.41, 5.74) is 2.97. The molecule has 0 aliphatic heterocycles. The highest BCUT2D eigenvalue weighted by Crippen LogP contribution is 2.38. The Morgan fingerprint density at radius 1 is 1.38 bits per heavy atom. The number of rotatable bonds is 2. The Morgan fingerprint density at radius 2 is 2.08 bits per heavy atom. The first kappa shape index (κ1) is 10.6. The smallest absolute Gasteiger partial charge is 0.0124 e. The lowest BCUT2D eigenvalue weighted by molar-refractivity contribution is 0.179. The first-order chi connectivity index (χ1) is 6.15. The maximum atomic E-state index is 3.69. The lowest BCUT2D eigenvalue weighted by atomic mass is 9.70. The summed E-state index contributed by atoms with van der Waals surface area (Å²) in [7, 11) is 0. The molecule has 1 fully saturated rings. The largest absolute Gasteiger partial charge is 0.133 e. The van der Waals surface area contributed by atoms with Gasteiger partial charge in [0, 0.05) is 0 Å². The van der Waals surface area contributed by atoms with Crippen molar-refractivity contribution in [1.29, 1.82) is 0 Å². The minimum absolute atomic E-state index is 0.737. The van der Waals surface area contributed by atoms with Crippen molar-refractivity contribution in [2.24, 2.45) is 23.7 Å². The van der Waals surface area contributed by atoms with Crippen molar-refractivity contribution < 1.29 is 0 Å². The Morgan fingerprint density at radius 3 is 2.62 bits per heavy atom. The summed E-state index contributed by atoms with van der Waals surface area (Å²) in [6.07, 6.45) is 6.33. The molecule has 1 aliphatic carbocycles. The second kappa shape index (κ2) is 4.67. The maximum absolute atomic E-state index is 3.69. The molecule has 0 saturated heterocycles. The first-order valence-corrected chi connectivity index (χ1v) is 5.51. The predicted octanol–water partition coefficient (Wildman–Crippen LogP) is 4.04. The second-order valence-electron chi connectivity index (χ2n) is 4.86. The van der Waals surface area contributed by atoms with E-state index >= 15 is 0 Å². The number of hydrogen-bond acceptors (Lipinski definition) is 0. The molecule has 74 valence electrons. The van der Waals surface area contributed by atoms with Crippen molar-refractivity contribution in [3.63, 3.8) is 0 Å². The summed E-state index contributed by atoms with van der Waals surface area (Å²) >= 11 is 0. The molecule has 0 heteroatoms. The summed E-state index contributed by atoms with van der Waals surface area (Å²) in [6.45, 7) is 10.7. The summed E-state index contributed by atoms with van der Waals surface area (Å²) < 4.78 is 0. The SMILES string of the molecule is C=C=CC1CC(C)CCC1C(C)C.